The quantitative estimate of drug-likeness (QED) is 0.606. The maximum Gasteiger partial charge on any atom is 0.245 e. The second-order valence-corrected chi connectivity index (χ2v) is 10.5. The van der Waals surface area contributed by atoms with Crippen LogP contribution in [0.1, 0.15) is 18.7 Å². The molecule has 1 amide bonds. The zero-order valence-electron chi connectivity index (χ0n) is 18.6. The normalized spacial score (nSPS) is 18.2. The van der Waals surface area contributed by atoms with E-state index in [1.165, 1.54) is 22.5 Å². The van der Waals surface area contributed by atoms with Crippen molar-refractivity contribution < 1.29 is 22.3 Å². The lowest BCUT2D eigenvalue weighted by Crippen LogP contribution is -2.56. The van der Waals surface area contributed by atoms with E-state index < -0.39 is 21.4 Å². The number of nitrogens with zero attached hydrogens (tertiary/aromatic N) is 4. The lowest BCUT2D eigenvalue weighted by Gasteiger charge is -2.40. The first-order valence-electron chi connectivity index (χ1n) is 10.9. The SMILES string of the molecule is COc1ccc(-c2nc3n(n2)CC(=O)NC2(CCN(S(=O)(=O)c4ccccc4F)CC2)C3)cc1. The summed E-state index contributed by atoms with van der Waals surface area (Å²) in [5, 5.41) is 7.60. The minimum Gasteiger partial charge on any atom is -0.497 e. The van der Waals surface area contributed by atoms with Gasteiger partial charge in [0.25, 0.3) is 0 Å². The lowest BCUT2D eigenvalue weighted by molar-refractivity contribution is -0.123. The number of ether oxygens (including phenoxy) is 1. The van der Waals surface area contributed by atoms with Crippen LogP contribution < -0.4 is 10.1 Å². The number of benzene rings is 2. The van der Waals surface area contributed by atoms with Gasteiger partial charge in [-0.25, -0.2) is 22.5 Å². The molecule has 5 rings (SSSR count). The number of aromatic nitrogens is 3. The molecule has 34 heavy (non-hydrogen) atoms. The van der Waals surface area contributed by atoms with E-state index in [0.717, 1.165) is 17.4 Å². The van der Waals surface area contributed by atoms with Crippen LogP contribution in [0.4, 0.5) is 4.39 Å². The molecule has 1 N–H and O–H groups in total. The largest absolute Gasteiger partial charge is 0.497 e. The molecule has 0 saturated carbocycles. The summed E-state index contributed by atoms with van der Waals surface area (Å²) in [6, 6.07) is 12.7. The van der Waals surface area contributed by atoms with Crippen LogP contribution in [0.25, 0.3) is 11.4 Å². The Kier molecular flexibility index (Phi) is 5.61. The Hall–Kier alpha value is -3.31. The smallest absolute Gasteiger partial charge is 0.245 e. The number of hydrogen-bond donors (Lipinski definition) is 1. The number of fused-ring (bicyclic) bond motifs is 1. The van der Waals surface area contributed by atoms with Gasteiger partial charge < -0.3 is 10.1 Å². The van der Waals surface area contributed by atoms with Crippen LogP contribution in [0.5, 0.6) is 5.75 Å². The predicted molar refractivity (Wildman–Crippen MR) is 121 cm³/mol. The third-order valence-electron chi connectivity index (χ3n) is 6.43. The van der Waals surface area contributed by atoms with Crippen LogP contribution in [-0.2, 0) is 27.8 Å². The molecule has 178 valence electrons. The van der Waals surface area contributed by atoms with Gasteiger partial charge in [0.2, 0.25) is 15.9 Å². The highest BCUT2D eigenvalue weighted by Gasteiger charge is 2.42. The van der Waals surface area contributed by atoms with Gasteiger partial charge in [0.05, 0.1) is 7.11 Å². The van der Waals surface area contributed by atoms with Gasteiger partial charge in [0.1, 0.15) is 28.8 Å². The molecule has 2 aliphatic heterocycles. The first kappa shape index (κ1) is 22.5. The maximum atomic E-state index is 14.2. The van der Waals surface area contributed by atoms with E-state index in [1.54, 1.807) is 11.8 Å². The summed E-state index contributed by atoms with van der Waals surface area (Å²) < 4.78 is 48.2. The van der Waals surface area contributed by atoms with Crippen LogP contribution in [0.2, 0.25) is 0 Å². The summed E-state index contributed by atoms with van der Waals surface area (Å²) in [5.74, 6) is 0.927. The third-order valence-corrected chi connectivity index (χ3v) is 8.36. The van der Waals surface area contributed by atoms with Crippen molar-refractivity contribution in [1.29, 1.82) is 0 Å². The van der Waals surface area contributed by atoms with Crippen LogP contribution in [0.15, 0.2) is 53.4 Å². The van der Waals surface area contributed by atoms with Crippen molar-refractivity contribution in [2.24, 2.45) is 0 Å². The highest BCUT2D eigenvalue weighted by Crippen LogP contribution is 2.32. The van der Waals surface area contributed by atoms with Crippen LogP contribution in [0.3, 0.4) is 0 Å². The highest BCUT2D eigenvalue weighted by molar-refractivity contribution is 7.89. The van der Waals surface area contributed by atoms with Gasteiger partial charge >= 0.3 is 0 Å². The average molecular weight is 486 g/mol. The summed E-state index contributed by atoms with van der Waals surface area (Å²) in [7, 11) is -2.37. The van der Waals surface area contributed by atoms with E-state index in [2.05, 4.69) is 15.4 Å². The van der Waals surface area contributed by atoms with Gasteiger partial charge in [-0.1, -0.05) is 12.1 Å². The maximum absolute atomic E-state index is 14.2. The first-order chi connectivity index (χ1) is 16.3. The molecule has 9 nitrogen and oxygen atoms in total. The summed E-state index contributed by atoms with van der Waals surface area (Å²) in [6.45, 7) is 0.365. The van der Waals surface area contributed by atoms with Gasteiger partial charge in [0, 0.05) is 30.6 Å². The Labute approximate surface area is 196 Å². The number of nitrogens with one attached hydrogen (secondary N) is 1. The fraction of sp³-hybridized carbons (Fsp3) is 0.348. The number of carbonyl (C=O) groups is 1. The zero-order valence-corrected chi connectivity index (χ0v) is 19.4. The molecular formula is C23H24FN5O4S. The Balaban J connectivity index is 1.37. The molecule has 2 aromatic carbocycles. The van der Waals surface area contributed by atoms with E-state index in [4.69, 9.17) is 4.74 Å². The fourth-order valence-corrected chi connectivity index (χ4v) is 6.07. The molecule has 3 aromatic rings. The number of methoxy groups -OCH3 is 1. The van der Waals surface area contributed by atoms with Crippen LogP contribution >= 0.6 is 0 Å². The highest BCUT2D eigenvalue weighted by atomic mass is 32.2. The average Bonchev–Trinajstić information content (AvgIpc) is 3.15. The van der Waals surface area contributed by atoms with Crippen molar-refractivity contribution in [2.75, 3.05) is 20.2 Å². The summed E-state index contributed by atoms with van der Waals surface area (Å²) in [6.07, 6.45) is 1.20. The minimum absolute atomic E-state index is 0.0392. The van der Waals surface area contributed by atoms with E-state index in [1.807, 2.05) is 24.3 Å². The molecule has 0 radical (unpaired) electrons. The number of amides is 1. The van der Waals surface area contributed by atoms with Gasteiger partial charge in [-0.15, -0.1) is 0 Å². The van der Waals surface area contributed by atoms with Gasteiger partial charge in [-0.3, -0.25) is 4.79 Å². The van der Waals surface area contributed by atoms with E-state index >= 15 is 0 Å². The molecule has 0 unspecified atom stereocenters. The Bertz CT molecular complexity index is 1330. The third kappa shape index (κ3) is 4.05. The number of piperidine rings is 1. The van der Waals surface area contributed by atoms with Crippen molar-refractivity contribution in [3.8, 4) is 17.1 Å². The molecule has 2 aliphatic rings. The van der Waals surface area contributed by atoms with Crippen molar-refractivity contribution >= 4 is 15.9 Å². The molecule has 1 spiro atoms. The van der Waals surface area contributed by atoms with Gasteiger partial charge in [0.15, 0.2) is 5.82 Å². The van der Waals surface area contributed by atoms with Crippen LogP contribution in [0, 0.1) is 5.82 Å². The fourth-order valence-electron chi connectivity index (χ4n) is 4.56. The van der Waals surface area contributed by atoms with Crippen molar-refractivity contribution in [3.63, 3.8) is 0 Å². The van der Waals surface area contributed by atoms with E-state index in [9.17, 15) is 17.6 Å². The second kappa shape index (κ2) is 8.48. The van der Waals surface area contributed by atoms with Crippen LogP contribution in [-0.4, -0.2) is 59.1 Å². The summed E-state index contributed by atoms with van der Waals surface area (Å²) >= 11 is 0. The van der Waals surface area contributed by atoms with E-state index in [0.29, 0.717) is 30.9 Å². The monoisotopic (exact) mass is 485 g/mol. The molecule has 1 aromatic heterocycles. The number of rotatable bonds is 4. The van der Waals surface area contributed by atoms with E-state index in [-0.39, 0.29) is 30.4 Å². The van der Waals surface area contributed by atoms with Gasteiger partial charge in [-0.05, 0) is 49.2 Å². The number of halogens is 1. The minimum atomic E-state index is -3.97. The molecule has 3 heterocycles. The zero-order chi connectivity index (χ0) is 23.9. The molecule has 1 saturated heterocycles. The molecule has 1 fully saturated rings. The standard InChI is InChI=1S/C23H24FN5O4S/c1-33-17-8-6-16(7-9-17)22-25-20-14-23(26-21(30)15-29(20)27-22)10-12-28(13-11-23)34(31,32)19-5-3-2-4-18(19)24/h2-9H,10-15H2,1H3,(H,26,30). The number of carbonyl (C=O) groups excluding carboxylic acids is 1. The number of sulfonamides is 1. The van der Waals surface area contributed by atoms with Gasteiger partial charge in [-0.2, -0.15) is 9.40 Å². The summed E-state index contributed by atoms with van der Waals surface area (Å²) in [4.78, 5) is 17.0. The van der Waals surface area contributed by atoms with Crippen molar-refractivity contribution in [2.45, 2.75) is 36.2 Å². The molecular weight excluding hydrogens is 461 g/mol. The van der Waals surface area contributed by atoms with Crippen molar-refractivity contribution in [1.82, 2.24) is 24.4 Å². The summed E-state index contributed by atoms with van der Waals surface area (Å²) in [5.41, 5.74) is 0.165. The molecule has 11 heteroatoms. The second-order valence-electron chi connectivity index (χ2n) is 8.58. The first-order valence-corrected chi connectivity index (χ1v) is 12.4. The lowest BCUT2D eigenvalue weighted by atomic mass is 9.85. The Morgan fingerprint density at radius 3 is 2.47 bits per heavy atom. The van der Waals surface area contributed by atoms with Crippen molar-refractivity contribution in [3.05, 3.63) is 60.2 Å². The topological polar surface area (TPSA) is 106 Å². The molecule has 0 bridgehead atoms. The molecule has 0 aliphatic carbocycles. The Morgan fingerprint density at radius 2 is 1.79 bits per heavy atom. The Morgan fingerprint density at radius 1 is 1.09 bits per heavy atom. The molecule has 0 atom stereocenters. The predicted octanol–water partition coefficient (Wildman–Crippen LogP) is 1.99. The number of hydrogen-bond acceptors (Lipinski definition) is 6.